The number of hydrogen-bond donors (Lipinski definition) is 0. The SMILES string of the molecule is CC(=O)N1CC[C@@H](Cc2cnc(Br)cn2)C1. The summed E-state index contributed by atoms with van der Waals surface area (Å²) in [5.41, 5.74) is 0.999. The van der Waals surface area contributed by atoms with Crippen LogP contribution in [0.4, 0.5) is 0 Å². The van der Waals surface area contributed by atoms with Gasteiger partial charge in [0.2, 0.25) is 5.91 Å². The molecule has 5 heteroatoms. The Morgan fingerprint density at radius 1 is 1.56 bits per heavy atom. The molecule has 1 aliphatic rings. The normalized spacial score (nSPS) is 20.1. The van der Waals surface area contributed by atoms with E-state index in [-0.39, 0.29) is 5.91 Å². The van der Waals surface area contributed by atoms with Crippen LogP contribution in [0, 0.1) is 5.92 Å². The Hall–Kier alpha value is -0.970. The molecule has 0 aliphatic carbocycles. The molecule has 4 nitrogen and oxygen atoms in total. The van der Waals surface area contributed by atoms with E-state index in [2.05, 4.69) is 25.9 Å². The van der Waals surface area contributed by atoms with Gasteiger partial charge in [0, 0.05) is 26.2 Å². The van der Waals surface area contributed by atoms with Crippen LogP contribution in [0.5, 0.6) is 0 Å². The monoisotopic (exact) mass is 283 g/mol. The van der Waals surface area contributed by atoms with Crippen molar-refractivity contribution in [3.8, 4) is 0 Å². The molecule has 0 radical (unpaired) electrons. The van der Waals surface area contributed by atoms with Gasteiger partial charge in [0.1, 0.15) is 4.60 Å². The third-order valence-corrected chi connectivity index (χ3v) is 3.31. The van der Waals surface area contributed by atoms with E-state index in [1.807, 2.05) is 4.90 Å². The van der Waals surface area contributed by atoms with Gasteiger partial charge in [-0.25, -0.2) is 4.98 Å². The Morgan fingerprint density at radius 3 is 2.94 bits per heavy atom. The van der Waals surface area contributed by atoms with E-state index in [9.17, 15) is 4.79 Å². The number of carbonyl (C=O) groups is 1. The molecule has 1 aromatic heterocycles. The van der Waals surface area contributed by atoms with Gasteiger partial charge in [-0.2, -0.15) is 0 Å². The van der Waals surface area contributed by atoms with E-state index in [1.54, 1.807) is 19.3 Å². The topological polar surface area (TPSA) is 46.1 Å². The van der Waals surface area contributed by atoms with Gasteiger partial charge in [-0.3, -0.25) is 9.78 Å². The summed E-state index contributed by atoms with van der Waals surface area (Å²) in [6.45, 7) is 3.36. The van der Waals surface area contributed by atoms with Crippen LogP contribution < -0.4 is 0 Å². The Kier molecular flexibility index (Phi) is 3.53. The van der Waals surface area contributed by atoms with Gasteiger partial charge < -0.3 is 4.90 Å². The minimum absolute atomic E-state index is 0.171. The first-order valence-electron chi connectivity index (χ1n) is 5.37. The molecule has 0 bridgehead atoms. The van der Waals surface area contributed by atoms with E-state index in [4.69, 9.17) is 0 Å². The molecule has 1 amide bonds. The molecule has 1 aromatic rings. The van der Waals surface area contributed by atoms with Crippen molar-refractivity contribution in [2.45, 2.75) is 19.8 Å². The Bertz CT molecular complexity index is 379. The van der Waals surface area contributed by atoms with Crippen LogP contribution in [0.3, 0.4) is 0 Å². The predicted molar refractivity (Wildman–Crippen MR) is 63.8 cm³/mol. The van der Waals surface area contributed by atoms with Gasteiger partial charge >= 0.3 is 0 Å². The highest BCUT2D eigenvalue weighted by Gasteiger charge is 2.24. The fourth-order valence-corrected chi connectivity index (χ4v) is 2.23. The van der Waals surface area contributed by atoms with Crippen molar-refractivity contribution < 1.29 is 4.79 Å². The standard InChI is InChI=1S/C11H14BrN3O/c1-8(16)15-3-2-9(7-15)4-10-5-14-11(12)6-13-10/h5-6,9H,2-4,7H2,1H3/t9-/m0/s1. The zero-order valence-corrected chi connectivity index (χ0v) is 10.8. The highest BCUT2D eigenvalue weighted by molar-refractivity contribution is 9.10. The number of rotatable bonds is 2. The maximum absolute atomic E-state index is 11.2. The van der Waals surface area contributed by atoms with Gasteiger partial charge in [0.25, 0.3) is 0 Å². The van der Waals surface area contributed by atoms with Gasteiger partial charge in [0.15, 0.2) is 0 Å². The van der Waals surface area contributed by atoms with Crippen molar-refractivity contribution in [2.75, 3.05) is 13.1 Å². The van der Waals surface area contributed by atoms with Crippen molar-refractivity contribution in [3.63, 3.8) is 0 Å². The van der Waals surface area contributed by atoms with Crippen molar-refractivity contribution in [3.05, 3.63) is 22.7 Å². The molecule has 2 rings (SSSR count). The first kappa shape index (κ1) is 11.5. The second-order valence-electron chi connectivity index (χ2n) is 4.15. The van der Waals surface area contributed by atoms with Crippen LogP contribution in [0.1, 0.15) is 19.0 Å². The summed E-state index contributed by atoms with van der Waals surface area (Å²) in [6, 6.07) is 0. The number of carbonyl (C=O) groups excluding carboxylic acids is 1. The average Bonchev–Trinajstić information content (AvgIpc) is 2.70. The third kappa shape index (κ3) is 2.78. The summed E-state index contributed by atoms with van der Waals surface area (Å²) in [7, 11) is 0. The number of hydrogen-bond acceptors (Lipinski definition) is 3. The smallest absolute Gasteiger partial charge is 0.219 e. The number of nitrogens with zero attached hydrogens (tertiary/aromatic N) is 3. The molecule has 1 fully saturated rings. The van der Waals surface area contributed by atoms with Crippen LogP contribution in [0.2, 0.25) is 0 Å². The van der Waals surface area contributed by atoms with Crippen molar-refractivity contribution >= 4 is 21.8 Å². The fourth-order valence-electron chi connectivity index (χ4n) is 2.03. The summed E-state index contributed by atoms with van der Waals surface area (Å²) in [5, 5.41) is 0. The molecule has 86 valence electrons. The van der Waals surface area contributed by atoms with E-state index in [0.717, 1.165) is 36.2 Å². The number of aromatic nitrogens is 2. The summed E-state index contributed by atoms with van der Waals surface area (Å²) < 4.78 is 0.757. The minimum Gasteiger partial charge on any atom is -0.343 e. The van der Waals surface area contributed by atoms with Crippen molar-refractivity contribution in [1.82, 2.24) is 14.9 Å². The molecule has 0 unspecified atom stereocenters. The summed E-state index contributed by atoms with van der Waals surface area (Å²) in [5.74, 6) is 0.698. The van der Waals surface area contributed by atoms with Crippen LogP contribution >= 0.6 is 15.9 Å². The van der Waals surface area contributed by atoms with E-state index in [1.165, 1.54) is 0 Å². The number of likely N-dealkylation sites (tertiary alicyclic amines) is 1. The molecule has 0 N–H and O–H groups in total. The van der Waals surface area contributed by atoms with Gasteiger partial charge in [-0.05, 0) is 34.7 Å². The molecular formula is C11H14BrN3O. The summed E-state index contributed by atoms with van der Waals surface area (Å²) in [6.07, 6.45) is 5.48. The van der Waals surface area contributed by atoms with Crippen LogP contribution in [-0.2, 0) is 11.2 Å². The first-order valence-corrected chi connectivity index (χ1v) is 6.16. The quantitative estimate of drug-likeness (QED) is 0.829. The lowest BCUT2D eigenvalue weighted by Gasteiger charge is -2.13. The first-order chi connectivity index (χ1) is 7.65. The Morgan fingerprint density at radius 2 is 2.38 bits per heavy atom. The number of halogens is 1. The number of amides is 1. The van der Waals surface area contributed by atoms with Crippen LogP contribution in [0.15, 0.2) is 17.0 Å². The van der Waals surface area contributed by atoms with Gasteiger partial charge in [0.05, 0.1) is 11.9 Å². The van der Waals surface area contributed by atoms with Crippen molar-refractivity contribution in [1.29, 1.82) is 0 Å². The summed E-state index contributed by atoms with van der Waals surface area (Å²) >= 11 is 3.26. The highest BCUT2D eigenvalue weighted by atomic mass is 79.9. The second kappa shape index (κ2) is 4.91. The molecule has 0 saturated carbocycles. The molecule has 2 heterocycles. The van der Waals surface area contributed by atoms with Crippen LogP contribution in [-0.4, -0.2) is 33.9 Å². The van der Waals surface area contributed by atoms with E-state index < -0.39 is 0 Å². The van der Waals surface area contributed by atoms with Crippen LogP contribution in [0.25, 0.3) is 0 Å². The third-order valence-electron chi connectivity index (χ3n) is 2.90. The van der Waals surface area contributed by atoms with E-state index >= 15 is 0 Å². The maximum Gasteiger partial charge on any atom is 0.219 e. The van der Waals surface area contributed by atoms with Gasteiger partial charge in [-0.15, -0.1) is 0 Å². The highest BCUT2D eigenvalue weighted by Crippen LogP contribution is 2.20. The molecule has 1 aliphatic heterocycles. The van der Waals surface area contributed by atoms with Crippen molar-refractivity contribution in [2.24, 2.45) is 5.92 Å². The van der Waals surface area contributed by atoms with E-state index in [0.29, 0.717) is 5.92 Å². The largest absolute Gasteiger partial charge is 0.343 e. The predicted octanol–water partition coefficient (Wildman–Crippen LogP) is 1.65. The second-order valence-corrected chi connectivity index (χ2v) is 4.97. The zero-order chi connectivity index (χ0) is 11.5. The maximum atomic E-state index is 11.2. The fraction of sp³-hybridized carbons (Fsp3) is 0.545. The lowest BCUT2D eigenvalue weighted by atomic mass is 10.0. The van der Waals surface area contributed by atoms with Gasteiger partial charge in [-0.1, -0.05) is 0 Å². The molecule has 16 heavy (non-hydrogen) atoms. The molecule has 1 saturated heterocycles. The molecule has 1 atom stereocenters. The lowest BCUT2D eigenvalue weighted by Crippen LogP contribution is -2.26. The summed E-state index contributed by atoms with van der Waals surface area (Å²) in [4.78, 5) is 21.5. The Balaban J connectivity index is 1.92. The minimum atomic E-state index is 0.171. The lowest BCUT2D eigenvalue weighted by molar-refractivity contribution is -0.127. The molecule has 0 spiro atoms. The molecular weight excluding hydrogens is 270 g/mol. The Labute approximate surface area is 103 Å². The average molecular weight is 284 g/mol. The zero-order valence-electron chi connectivity index (χ0n) is 9.19. The molecule has 0 aromatic carbocycles.